The molecule has 1 N–H and O–H groups in total. The molecule has 0 saturated carbocycles. The highest BCUT2D eigenvalue weighted by Gasteiger charge is 2.41. The Balaban J connectivity index is 2.19. The summed E-state index contributed by atoms with van der Waals surface area (Å²) in [4.78, 5) is 27.3. The molecule has 7 heteroatoms. The third kappa shape index (κ3) is 3.57. The van der Waals surface area contributed by atoms with E-state index in [1.54, 1.807) is 50.2 Å². The van der Waals surface area contributed by atoms with Crippen molar-refractivity contribution in [3.8, 4) is 0 Å². The lowest BCUT2D eigenvalue weighted by Gasteiger charge is -2.19. The highest BCUT2D eigenvalue weighted by molar-refractivity contribution is 6.41. The van der Waals surface area contributed by atoms with Crippen LogP contribution < -0.4 is 5.32 Å². The molecule has 27 heavy (non-hydrogen) atoms. The molecule has 0 saturated heterocycles. The van der Waals surface area contributed by atoms with E-state index < -0.39 is 11.8 Å². The first-order valence-electron chi connectivity index (χ1n) is 8.32. The number of amides is 2. The second-order valence-electron chi connectivity index (χ2n) is 6.49. The third-order valence-electron chi connectivity index (χ3n) is 4.36. The van der Waals surface area contributed by atoms with Crippen LogP contribution in [0, 0.1) is 6.92 Å². The average Bonchev–Trinajstić information content (AvgIpc) is 2.83. The van der Waals surface area contributed by atoms with Crippen LogP contribution in [0.25, 0.3) is 5.57 Å². The van der Waals surface area contributed by atoms with E-state index in [0.29, 0.717) is 26.3 Å². The van der Waals surface area contributed by atoms with Crippen LogP contribution in [0.1, 0.15) is 25.0 Å². The van der Waals surface area contributed by atoms with Crippen molar-refractivity contribution in [2.45, 2.75) is 26.8 Å². The van der Waals surface area contributed by atoms with E-state index in [0.717, 1.165) is 5.56 Å². The van der Waals surface area contributed by atoms with E-state index in [2.05, 4.69) is 5.32 Å². The van der Waals surface area contributed by atoms with E-state index in [1.807, 2.05) is 6.92 Å². The molecule has 3 rings (SSSR count). The number of benzene rings is 2. The van der Waals surface area contributed by atoms with Crippen LogP contribution in [-0.2, 0) is 9.59 Å². The first-order valence-corrected chi connectivity index (χ1v) is 9.45. The minimum atomic E-state index is -0.407. The Morgan fingerprint density at radius 3 is 2.30 bits per heavy atom. The predicted molar refractivity (Wildman–Crippen MR) is 110 cm³/mol. The number of hydrogen-bond donors (Lipinski definition) is 1. The molecule has 0 bridgehead atoms. The summed E-state index contributed by atoms with van der Waals surface area (Å²) in [6, 6.07) is 9.85. The highest BCUT2D eigenvalue weighted by Crippen LogP contribution is 2.37. The van der Waals surface area contributed by atoms with Gasteiger partial charge in [0.1, 0.15) is 5.70 Å². The minimum absolute atomic E-state index is 0.170. The van der Waals surface area contributed by atoms with Crippen molar-refractivity contribution in [2.75, 3.05) is 5.32 Å². The Kier molecular flexibility index (Phi) is 5.52. The van der Waals surface area contributed by atoms with E-state index in [1.165, 1.54) is 4.90 Å². The second-order valence-corrected chi connectivity index (χ2v) is 7.74. The Labute approximate surface area is 172 Å². The summed E-state index contributed by atoms with van der Waals surface area (Å²) in [6.45, 7) is 5.40. The zero-order valence-electron chi connectivity index (χ0n) is 14.9. The van der Waals surface area contributed by atoms with Gasteiger partial charge in [-0.2, -0.15) is 0 Å². The lowest BCUT2D eigenvalue weighted by atomic mass is 10.0. The first kappa shape index (κ1) is 19.7. The van der Waals surface area contributed by atoms with Gasteiger partial charge in [-0.15, -0.1) is 0 Å². The monoisotopic (exact) mass is 422 g/mol. The van der Waals surface area contributed by atoms with Crippen LogP contribution in [0.4, 0.5) is 5.69 Å². The van der Waals surface area contributed by atoms with Crippen molar-refractivity contribution >= 4 is 57.9 Å². The number of anilines is 1. The fourth-order valence-electron chi connectivity index (χ4n) is 2.95. The number of nitrogens with one attached hydrogen (secondary N) is 1. The first-order chi connectivity index (χ1) is 12.7. The summed E-state index contributed by atoms with van der Waals surface area (Å²) in [5.74, 6) is -0.809. The maximum Gasteiger partial charge on any atom is 0.278 e. The van der Waals surface area contributed by atoms with Crippen LogP contribution in [0.2, 0.25) is 15.1 Å². The molecule has 2 amide bonds. The Morgan fingerprint density at radius 1 is 0.963 bits per heavy atom. The van der Waals surface area contributed by atoms with Crippen molar-refractivity contribution in [1.82, 2.24) is 4.90 Å². The molecule has 0 spiro atoms. The summed E-state index contributed by atoms with van der Waals surface area (Å²) < 4.78 is 0. The molecule has 2 aromatic carbocycles. The fraction of sp³-hybridized carbons (Fsp3) is 0.200. The molecule has 2 aromatic rings. The average molecular weight is 424 g/mol. The SMILES string of the molecule is Cc1c(Cl)cccc1NC1=C(c2ccc(Cl)cc2Cl)C(=O)N(C(C)C)C1=O. The fourth-order valence-corrected chi connectivity index (χ4v) is 3.63. The number of hydrogen-bond acceptors (Lipinski definition) is 3. The van der Waals surface area contributed by atoms with Gasteiger partial charge >= 0.3 is 0 Å². The van der Waals surface area contributed by atoms with Crippen molar-refractivity contribution in [3.05, 3.63) is 68.3 Å². The van der Waals surface area contributed by atoms with Crippen molar-refractivity contribution < 1.29 is 9.59 Å². The number of rotatable bonds is 4. The van der Waals surface area contributed by atoms with Gasteiger partial charge in [-0.3, -0.25) is 14.5 Å². The van der Waals surface area contributed by atoms with Gasteiger partial charge in [0, 0.05) is 27.3 Å². The quantitative estimate of drug-likeness (QED) is 0.655. The Bertz CT molecular complexity index is 983. The van der Waals surface area contributed by atoms with Gasteiger partial charge in [0.2, 0.25) is 0 Å². The Hall–Kier alpha value is -2.01. The van der Waals surface area contributed by atoms with Crippen LogP contribution in [-0.4, -0.2) is 22.8 Å². The van der Waals surface area contributed by atoms with E-state index >= 15 is 0 Å². The lowest BCUT2D eigenvalue weighted by Crippen LogP contribution is -2.38. The number of halogens is 3. The molecular weight excluding hydrogens is 407 g/mol. The second kappa shape index (κ2) is 7.55. The van der Waals surface area contributed by atoms with Crippen LogP contribution >= 0.6 is 34.8 Å². The molecule has 0 atom stereocenters. The van der Waals surface area contributed by atoms with E-state index in [4.69, 9.17) is 34.8 Å². The molecule has 0 radical (unpaired) electrons. The number of carbonyl (C=O) groups is 2. The number of nitrogens with zero attached hydrogens (tertiary/aromatic N) is 1. The summed E-state index contributed by atoms with van der Waals surface area (Å²) >= 11 is 18.5. The van der Waals surface area contributed by atoms with Crippen LogP contribution in [0.3, 0.4) is 0 Å². The van der Waals surface area contributed by atoms with Crippen molar-refractivity contribution in [2.24, 2.45) is 0 Å². The van der Waals surface area contributed by atoms with Gasteiger partial charge in [-0.25, -0.2) is 0 Å². The molecule has 1 aliphatic rings. The predicted octanol–water partition coefficient (Wildman–Crippen LogP) is 5.56. The zero-order chi connectivity index (χ0) is 19.9. The lowest BCUT2D eigenvalue weighted by molar-refractivity contribution is -0.138. The van der Waals surface area contributed by atoms with Gasteiger partial charge < -0.3 is 5.32 Å². The maximum atomic E-state index is 13.0. The summed E-state index contributed by atoms with van der Waals surface area (Å²) in [7, 11) is 0. The summed E-state index contributed by atoms with van der Waals surface area (Å²) in [5.41, 5.74) is 2.26. The maximum absolute atomic E-state index is 13.0. The zero-order valence-corrected chi connectivity index (χ0v) is 17.2. The Morgan fingerprint density at radius 2 is 1.67 bits per heavy atom. The molecule has 1 heterocycles. The number of imide groups is 1. The van der Waals surface area contributed by atoms with Gasteiger partial charge in [0.05, 0.1) is 10.6 Å². The normalized spacial score (nSPS) is 14.6. The van der Waals surface area contributed by atoms with Gasteiger partial charge in [0.25, 0.3) is 11.8 Å². The molecule has 0 aliphatic carbocycles. The molecule has 140 valence electrons. The third-order valence-corrected chi connectivity index (χ3v) is 5.32. The standard InChI is InChI=1S/C20H17Cl3N2O2/c1-10(2)25-19(26)17(13-8-7-12(21)9-15(13)23)18(20(25)27)24-16-6-4-5-14(22)11(16)3/h4-10,24H,1-3H3. The molecule has 1 aliphatic heterocycles. The van der Waals surface area contributed by atoms with Crippen LogP contribution in [0.15, 0.2) is 42.1 Å². The topological polar surface area (TPSA) is 49.4 Å². The van der Waals surface area contributed by atoms with E-state index in [-0.39, 0.29) is 17.3 Å². The molecule has 4 nitrogen and oxygen atoms in total. The molecule has 0 aromatic heterocycles. The van der Waals surface area contributed by atoms with Gasteiger partial charge in [-0.05, 0) is 50.6 Å². The van der Waals surface area contributed by atoms with Crippen LogP contribution in [0.5, 0.6) is 0 Å². The van der Waals surface area contributed by atoms with Crippen molar-refractivity contribution in [1.29, 1.82) is 0 Å². The summed E-state index contributed by atoms with van der Waals surface area (Å²) in [5, 5.41) is 4.40. The number of carbonyl (C=O) groups excluding carboxylic acids is 2. The largest absolute Gasteiger partial charge is 0.350 e. The van der Waals surface area contributed by atoms with Crippen molar-refractivity contribution in [3.63, 3.8) is 0 Å². The van der Waals surface area contributed by atoms with E-state index in [9.17, 15) is 9.59 Å². The summed E-state index contributed by atoms with van der Waals surface area (Å²) in [6.07, 6.45) is 0. The molecule has 0 fully saturated rings. The molecular formula is C20H17Cl3N2O2. The minimum Gasteiger partial charge on any atom is -0.350 e. The highest BCUT2D eigenvalue weighted by atomic mass is 35.5. The molecule has 0 unspecified atom stereocenters. The van der Waals surface area contributed by atoms with Gasteiger partial charge in [0.15, 0.2) is 0 Å². The van der Waals surface area contributed by atoms with Gasteiger partial charge in [-0.1, -0.05) is 46.9 Å². The smallest absolute Gasteiger partial charge is 0.278 e.